The van der Waals surface area contributed by atoms with Crippen molar-refractivity contribution in [3.8, 4) is 0 Å². The first-order chi connectivity index (χ1) is 4.79. The fourth-order valence-corrected chi connectivity index (χ4v) is 2.01. The fourth-order valence-electron chi connectivity index (χ4n) is 2.01. The zero-order chi connectivity index (χ0) is 7.14. The topological polar surface area (TPSA) is 39.1 Å². The van der Waals surface area contributed by atoms with Gasteiger partial charge in [-0.05, 0) is 12.8 Å². The van der Waals surface area contributed by atoms with E-state index in [2.05, 4.69) is 5.43 Å². The molecule has 0 aromatic rings. The highest BCUT2D eigenvalue weighted by molar-refractivity contribution is 5.83. The molecule has 10 heavy (non-hydrogen) atoms. The number of hydrogen-bond donors (Lipinski definition) is 2. The van der Waals surface area contributed by atoms with Gasteiger partial charge in [0.2, 0.25) is 0 Å². The Morgan fingerprint density at radius 2 is 2.40 bits per heavy atom. The Hall–Kier alpha value is -0.570. The Morgan fingerprint density at radius 3 is 3.10 bits per heavy atom. The average molecular weight is 139 g/mol. The van der Waals surface area contributed by atoms with E-state index in [0.717, 1.165) is 5.84 Å². The van der Waals surface area contributed by atoms with Gasteiger partial charge in [0.1, 0.15) is 5.84 Å². The number of hydrazine groups is 1. The SMILES string of the molecule is CN1NC2CCCC2C1=N. The van der Waals surface area contributed by atoms with Gasteiger partial charge < -0.3 is 0 Å². The van der Waals surface area contributed by atoms with Gasteiger partial charge in [0.15, 0.2) is 0 Å². The molecule has 2 unspecified atom stereocenters. The van der Waals surface area contributed by atoms with Crippen molar-refractivity contribution in [2.75, 3.05) is 7.05 Å². The van der Waals surface area contributed by atoms with Crippen molar-refractivity contribution < 1.29 is 0 Å². The molecule has 0 spiro atoms. The van der Waals surface area contributed by atoms with Gasteiger partial charge in [0.25, 0.3) is 0 Å². The third-order valence-corrected chi connectivity index (χ3v) is 2.59. The Bertz CT molecular complexity index is 166. The molecule has 2 rings (SSSR count). The molecule has 1 saturated heterocycles. The lowest BCUT2D eigenvalue weighted by Crippen LogP contribution is -2.33. The average Bonchev–Trinajstić information content (AvgIpc) is 2.41. The lowest BCUT2D eigenvalue weighted by Gasteiger charge is -2.12. The maximum absolute atomic E-state index is 7.65. The van der Waals surface area contributed by atoms with Gasteiger partial charge in [-0.3, -0.25) is 10.4 Å². The molecule has 1 aliphatic carbocycles. The maximum Gasteiger partial charge on any atom is 0.115 e. The van der Waals surface area contributed by atoms with Crippen LogP contribution in [0, 0.1) is 11.3 Å². The highest BCUT2D eigenvalue weighted by Crippen LogP contribution is 2.30. The lowest BCUT2D eigenvalue weighted by atomic mass is 10.1. The van der Waals surface area contributed by atoms with Crippen LogP contribution in [0.25, 0.3) is 0 Å². The molecule has 0 aromatic carbocycles. The number of nitrogens with one attached hydrogen (secondary N) is 2. The summed E-state index contributed by atoms with van der Waals surface area (Å²) in [6.45, 7) is 0. The smallest absolute Gasteiger partial charge is 0.115 e. The summed E-state index contributed by atoms with van der Waals surface area (Å²) in [5.74, 6) is 1.30. The molecule has 0 aromatic heterocycles. The van der Waals surface area contributed by atoms with E-state index in [9.17, 15) is 0 Å². The predicted octanol–water partition coefficient (Wildman–Crippen LogP) is 0.582. The number of nitrogens with zero attached hydrogens (tertiary/aromatic N) is 1. The summed E-state index contributed by atoms with van der Waals surface area (Å²) in [6, 6.07) is 0.581. The van der Waals surface area contributed by atoms with E-state index in [1.165, 1.54) is 19.3 Å². The molecule has 3 nitrogen and oxygen atoms in total. The molecular weight excluding hydrogens is 126 g/mol. The predicted molar refractivity (Wildman–Crippen MR) is 39.8 cm³/mol. The summed E-state index contributed by atoms with van der Waals surface area (Å²) < 4.78 is 0. The first kappa shape index (κ1) is 6.16. The normalized spacial score (nSPS) is 38.9. The number of rotatable bonds is 0. The van der Waals surface area contributed by atoms with E-state index in [0.29, 0.717) is 12.0 Å². The largest absolute Gasteiger partial charge is 0.299 e. The Labute approximate surface area is 60.9 Å². The van der Waals surface area contributed by atoms with Gasteiger partial charge >= 0.3 is 0 Å². The highest BCUT2D eigenvalue weighted by Gasteiger charge is 2.38. The van der Waals surface area contributed by atoms with Crippen LogP contribution in [0.4, 0.5) is 0 Å². The highest BCUT2D eigenvalue weighted by atomic mass is 15.5. The van der Waals surface area contributed by atoms with E-state index >= 15 is 0 Å². The summed E-state index contributed by atoms with van der Waals surface area (Å²) >= 11 is 0. The molecule has 56 valence electrons. The summed E-state index contributed by atoms with van der Waals surface area (Å²) in [4.78, 5) is 0. The summed E-state index contributed by atoms with van der Waals surface area (Å²) in [7, 11) is 1.93. The minimum absolute atomic E-state index is 0.519. The molecule has 2 atom stereocenters. The van der Waals surface area contributed by atoms with Crippen LogP contribution in [0.5, 0.6) is 0 Å². The fraction of sp³-hybridized carbons (Fsp3) is 0.857. The van der Waals surface area contributed by atoms with Gasteiger partial charge in [-0.2, -0.15) is 0 Å². The van der Waals surface area contributed by atoms with Gasteiger partial charge in [-0.1, -0.05) is 6.42 Å². The zero-order valence-electron chi connectivity index (χ0n) is 6.22. The molecule has 1 saturated carbocycles. The van der Waals surface area contributed by atoms with Crippen LogP contribution in [0.15, 0.2) is 0 Å². The van der Waals surface area contributed by atoms with E-state index < -0.39 is 0 Å². The third-order valence-electron chi connectivity index (χ3n) is 2.59. The Balaban J connectivity index is 2.17. The van der Waals surface area contributed by atoms with Crippen molar-refractivity contribution in [2.45, 2.75) is 25.3 Å². The van der Waals surface area contributed by atoms with E-state index in [-0.39, 0.29) is 0 Å². The van der Waals surface area contributed by atoms with Gasteiger partial charge in [-0.15, -0.1) is 0 Å². The van der Waals surface area contributed by atoms with Crippen molar-refractivity contribution in [1.29, 1.82) is 5.41 Å². The molecule has 2 fully saturated rings. The second-order valence-electron chi connectivity index (χ2n) is 3.22. The third kappa shape index (κ3) is 0.669. The van der Waals surface area contributed by atoms with Crippen LogP contribution >= 0.6 is 0 Å². The van der Waals surface area contributed by atoms with Gasteiger partial charge in [-0.25, -0.2) is 5.43 Å². The standard InChI is InChI=1S/C7H13N3/c1-10-7(8)5-3-2-4-6(5)9-10/h5-6,8-9H,2-4H2,1H3. The van der Waals surface area contributed by atoms with Crippen molar-refractivity contribution in [3.05, 3.63) is 0 Å². The number of fused-ring (bicyclic) bond motifs is 1. The van der Waals surface area contributed by atoms with Crippen molar-refractivity contribution in [2.24, 2.45) is 5.92 Å². The molecule has 3 heteroatoms. The molecule has 1 aliphatic heterocycles. The van der Waals surface area contributed by atoms with Crippen LogP contribution in [-0.4, -0.2) is 23.9 Å². The van der Waals surface area contributed by atoms with Crippen LogP contribution in [0.1, 0.15) is 19.3 Å². The van der Waals surface area contributed by atoms with Crippen molar-refractivity contribution in [1.82, 2.24) is 10.4 Å². The number of hydrogen-bond acceptors (Lipinski definition) is 2. The zero-order valence-corrected chi connectivity index (χ0v) is 6.22. The second-order valence-corrected chi connectivity index (χ2v) is 3.22. The molecule has 2 N–H and O–H groups in total. The molecule has 2 aliphatic rings. The summed E-state index contributed by atoms with van der Waals surface area (Å²) in [6.07, 6.45) is 3.75. The number of amidine groups is 1. The molecule has 1 heterocycles. The maximum atomic E-state index is 7.65. The van der Waals surface area contributed by atoms with E-state index in [1.807, 2.05) is 12.1 Å². The van der Waals surface area contributed by atoms with Crippen molar-refractivity contribution in [3.63, 3.8) is 0 Å². The minimum Gasteiger partial charge on any atom is -0.299 e. The first-order valence-corrected chi connectivity index (χ1v) is 3.87. The minimum atomic E-state index is 0.519. The first-order valence-electron chi connectivity index (χ1n) is 3.87. The van der Waals surface area contributed by atoms with Crippen molar-refractivity contribution >= 4 is 5.84 Å². The molecular formula is C7H13N3. The van der Waals surface area contributed by atoms with Gasteiger partial charge in [0.05, 0.1) is 0 Å². The Kier molecular flexibility index (Phi) is 1.20. The quantitative estimate of drug-likeness (QED) is 0.515. The lowest BCUT2D eigenvalue weighted by molar-refractivity contribution is 0.353. The summed E-state index contributed by atoms with van der Waals surface area (Å²) in [5, 5.41) is 9.50. The monoisotopic (exact) mass is 139 g/mol. The Morgan fingerprint density at radius 1 is 1.60 bits per heavy atom. The molecule has 0 bridgehead atoms. The van der Waals surface area contributed by atoms with Crippen LogP contribution in [-0.2, 0) is 0 Å². The van der Waals surface area contributed by atoms with Crippen LogP contribution < -0.4 is 5.43 Å². The van der Waals surface area contributed by atoms with Crippen LogP contribution in [0.2, 0.25) is 0 Å². The summed E-state index contributed by atoms with van der Waals surface area (Å²) in [5.41, 5.74) is 3.27. The molecule has 0 amide bonds. The van der Waals surface area contributed by atoms with E-state index in [4.69, 9.17) is 5.41 Å². The van der Waals surface area contributed by atoms with Crippen LogP contribution in [0.3, 0.4) is 0 Å². The second kappa shape index (κ2) is 1.95. The molecule has 0 radical (unpaired) electrons. The van der Waals surface area contributed by atoms with E-state index in [1.54, 1.807) is 0 Å². The van der Waals surface area contributed by atoms with Gasteiger partial charge in [0, 0.05) is 19.0 Å².